The lowest BCUT2D eigenvalue weighted by Gasteiger charge is -2.44. The number of hydrogen-bond donors (Lipinski definition) is 1. The van der Waals surface area contributed by atoms with Gasteiger partial charge in [-0.2, -0.15) is 0 Å². The quantitative estimate of drug-likeness (QED) is 0.156. The summed E-state index contributed by atoms with van der Waals surface area (Å²) >= 11 is 0. The van der Waals surface area contributed by atoms with Crippen molar-refractivity contribution in [1.82, 2.24) is 0 Å². The van der Waals surface area contributed by atoms with Crippen LogP contribution < -0.4 is 0 Å². The maximum atomic E-state index is 14.2. The van der Waals surface area contributed by atoms with E-state index >= 15 is 0 Å². The molecular formula is C34H44O9. The van der Waals surface area contributed by atoms with Gasteiger partial charge in [-0.1, -0.05) is 37.6 Å². The van der Waals surface area contributed by atoms with Crippen LogP contribution in [0, 0.1) is 40.4 Å². The number of aliphatic hydroxyl groups is 1. The average Bonchev–Trinajstić information content (AvgIpc) is 3.48. The summed E-state index contributed by atoms with van der Waals surface area (Å²) in [5, 5.41) is 11.6. The Hall–Kier alpha value is -2.94. The highest BCUT2D eigenvalue weighted by molar-refractivity contribution is 5.91. The molecule has 1 N–H and O–H groups in total. The zero-order valence-electron chi connectivity index (χ0n) is 26.1. The van der Waals surface area contributed by atoms with Crippen molar-refractivity contribution in [1.29, 1.82) is 0 Å². The van der Waals surface area contributed by atoms with Crippen LogP contribution in [0.25, 0.3) is 0 Å². The summed E-state index contributed by atoms with van der Waals surface area (Å²) in [5.41, 5.74) is 0.848. The molecule has 2 aliphatic heterocycles. The number of carbonyl (C=O) groups excluding carboxylic acids is 4. The average molecular weight is 597 g/mol. The van der Waals surface area contributed by atoms with Gasteiger partial charge < -0.3 is 24.1 Å². The smallest absolute Gasteiger partial charge is 0.334 e. The van der Waals surface area contributed by atoms with Crippen LogP contribution in [0.4, 0.5) is 0 Å². The Kier molecular flexibility index (Phi) is 7.03. The first-order chi connectivity index (χ1) is 20.1. The number of hydrogen-bond acceptors (Lipinski definition) is 9. The van der Waals surface area contributed by atoms with Gasteiger partial charge in [-0.05, 0) is 63.4 Å². The van der Waals surface area contributed by atoms with Crippen LogP contribution in [-0.4, -0.2) is 59.5 Å². The number of carbonyl (C=O) groups is 4. The van der Waals surface area contributed by atoms with Crippen molar-refractivity contribution < 1.29 is 43.2 Å². The van der Waals surface area contributed by atoms with Crippen LogP contribution in [0.5, 0.6) is 0 Å². The van der Waals surface area contributed by atoms with Gasteiger partial charge in [0.15, 0.2) is 0 Å². The first-order valence-electron chi connectivity index (χ1n) is 15.7. The van der Waals surface area contributed by atoms with E-state index in [2.05, 4.69) is 33.4 Å². The fraction of sp³-hybridized carbons (Fsp3) is 0.706. The first kappa shape index (κ1) is 30.1. The summed E-state index contributed by atoms with van der Waals surface area (Å²) in [4.78, 5) is 50.5. The van der Waals surface area contributed by atoms with Crippen LogP contribution in [0.1, 0.15) is 80.1 Å². The SMILES string of the molecule is C=C1C(=O)O[C@@H]2C[C@@H](C)[C@]34C[C@]5(C(=O)O[C@H]6C[C@@](C)(O)C([C@H](C)CCCOC(C)=O)=C[C@H]65)[C@H](C(C)=C3C[C@@H]12)C4OC(C)=O. The lowest BCUT2D eigenvalue weighted by atomic mass is 9.56. The molecule has 11 atom stereocenters. The Balaban J connectivity index is 1.42. The van der Waals surface area contributed by atoms with E-state index in [9.17, 15) is 24.3 Å². The van der Waals surface area contributed by atoms with E-state index in [1.165, 1.54) is 13.8 Å². The minimum absolute atomic E-state index is 0.00985. The van der Waals surface area contributed by atoms with Gasteiger partial charge in [-0.15, -0.1) is 0 Å². The minimum atomic E-state index is -1.16. The molecule has 4 fully saturated rings. The van der Waals surface area contributed by atoms with Gasteiger partial charge in [0.05, 0.1) is 17.6 Å². The summed E-state index contributed by atoms with van der Waals surface area (Å²) in [6, 6.07) is 0. The van der Waals surface area contributed by atoms with Crippen molar-refractivity contribution >= 4 is 23.9 Å². The predicted molar refractivity (Wildman–Crippen MR) is 154 cm³/mol. The molecular weight excluding hydrogens is 552 g/mol. The van der Waals surface area contributed by atoms with Crippen LogP contribution in [0.3, 0.4) is 0 Å². The Labute approximate surface area is 253 Å². The largest absolute Gasteiger partial charge is 0.466 e. The summed E-state index contributed by atoms with van der Waals surface area (Å²) < 4.78 is 23.2. The lowest BCUT2D eigenvalue weighted by molar-refractivity contribution is -0.156. The van der Waals surface area contributed by atoms with E-state index in [1.54, 1.807) is 6.92 Å². The Morgan fingerprint density at radius 1 is 1.16 bits per heavy atom. The van der Waals surface area contributed by atoms with Gasteiger partial charge in [0.2, 0.25) is 0 Å². The topological polar surface area (TPSA) is 125 Å². The molecule has 2 saturated carbocycles. The van der Waals surface area contributed by atoms with Gasteiger partial charge in [-0.25, -0.2) is 4.79 Å². The standard InChI is InChI=1S/C34H44O9/c1-16(9-8-10-40-20(5)35)23-13-25-27(14-32(23,7)39)43-31(38)34(25)15-33-17(2)11-26-22(18(3)30(37)42-26)12-24(33)19(4)28(34)29(33)41-21(6)36/h13,16-17,22,25-29,39H,3,8-12,14-15H2,1-2,4-7H3/t16-,17-,22+,25-,26-,27+,28-,29?,32-,33-,34-/m1/s1. The van der Waals surface area contributed by atoms with Crippen molar-refractivity contribution in [3.8, 4) is 0 Å². The van der Waals surface area contributed by atoms with Gasteiger partial charge >= 0.3 is 23.9 Å². The fourth-order valence-corrected chi connectivity index (χ4v) is 10.2. The Bertz CT molecular complexity index is 1360. The molecule has 6 rings (SSSR count). The summed E-state index contributed by atoms with van der Waals surface area (Å²) in [7, 11) is 0. The third-order valence-electron chi connectivity index (χ3n) is 11.9. The molecule has 6 aliphatic rings. The Morgan fingerprint density at radius 2 is 1.88 bits per heavy atom. The molecule has 0 aromatic heterocycles. The number of ether oxygens (including phenoxy) is 4. The second-order valence-electron chi connectivity index (χ2n) is 14.3. The number of esters is 4. The minimum Gasteiger partial charge on any atom is -0.466 e. The van der Waals surface area contributed by atoms with Crippen molar-refractivity contribution in [2.75, 3.05) is 6.61 Å². The molecule has 2 heterocycles. The molecule has 4 aliphatic carbocycles. The zero-order chi connectivity index (χ0) is 31.2. The van der Waals surface area contributed by atoms with Crippen molar-refractivity contribution in [2.45, 2.75) is 104 Å². The molecule has 9 heteroatoms. The zero-order valence-corrected chi connectivity index (χ0v) is 26.1. The van der Waals surface area contributed by atoms with E-state index < -0.39 is 28.6 Å². The molecule has 2 spiro atoms. The van der Waals surface area contributed by atoms with Crippen LogP contribution in [0.15, 0.2) is 34.9 Å². The molecule has 1 unspecified atom stereocenters. The van der Waals surface area contributed by atoms with E-state index in [1.807, 2.05) is 0 Å². The molecule has 0 amide bonds. The van der Waals surface area contributed by atoms with Crippen molar-refractivity contribution in [2.24, 2.45) is 40.4 Å². The lowest BCUT2D eigenvalue weighted by Crippen LogP contribution is -2.47. The molecule has 0 aromatic carbocycles. The van der Waals surface area contributed by atoms with Crippen LogP contribution in [0.2, 0.25) is 0 Å². The van der Waals surface area contributed by atoms with Crippen LogP contribution >= 0.6 is 0 Å². The highest BCUT2D eigenvalue weighted by Crippen LogP contribution is 2.75. The van der Waals surface area contributed by atoms with E-state index in [0.29, 0.717) is 44.3 Å². The molecule has 0 radical (unpaired) electrons. The van der Waals surface area contributed by atoms with Gasteiger partial charge in [0.25, 0.3) is 0 Å². The normalized spacial score (nSPS) is 43.4. The maximum absolute atomic E-state index is 14.2. The van der Waals surface area contributed by atoms with Crippen LogP contribution in [-0.2, 0) is 38.1 Å². The molecule has 9 nitrogen and oxygen atoms in total. The van der Waals surface area contributed by atoms with Gasteiger partial charge in [0.1, 0.15) is 18.3 Å². The first-order valence-corrected chi connectivity index (χ1v) is 15.7. The highest BCUT2D eigenvalue weighted by atomic mass is 16.6. The monoisotopic (exact) mass is 596 g/mol. The summed E-state index contributed by atoms with van der Waals surface area (Å²) in [6.45, 7) is 15.2. The molecule has 0 aromatic rings. The van der Waals surface area contributed by atoms with E-state index in [-0.39, 0.29) is 66.0 Å². The second-order valence-corrected chi connectivity index (χ2v) is 14.3. The number of fused-ring (bicyclic) bond motifs is 5. The fourth-order valence-electron chi connectivity index (χ4n) is 10.2. The Morgan fingerprint density at radius 3 is 2.56 bits per heavy atom. The van der Waals surface area contributed by atoms with E-state index in [4.69, 9.17) is 18.9 Å². The maximum Gasteiger partial charge on any atom is 0.334 e. The molecule has 2 bridgehead atoms. The molecule has 2 saturated heterocycles. The summed E-state index contributed by atoms with van der Waals surface area (Å²) in [6.07, 6.45) is 4.07. The van der Waals surface area contributed by atoms with Gasteiger partial charge in [-0.3, -0.25) is 14.4 Å². The van der Waals surface area contributed by atoms with E-state index in [0.717, 1.165) is 16.7 Å². The third-order valence-corrected chi connectivity index (χ3v) is 11.9. The summed E-state index contributed by atoms with van der Waals surface area (Å²) in [5.74, 6) is -2.20. The van der Waals surface area contributed by atoms with Crippen molar-refractivity contribution in [3.05, 3.63) is 34.9 Å². The number of rotatable bonds is 6. The highest BCUT2D eigenvalue weighted by Gasteiger charge is 2.78. The predicted octanol–water partition coefficient (Wildman–Crippen LogP) is 4.37. The second kappa shape index (κ2) is 10.0. The van der Waals surface area contributed by atoms with Crippen molar-refractivity contribution in [3.63, 3.8) is 0 Å². The third kappa shape index (κ3) is 4.20. The van der Waals surface area contributed by atoms with Gasteiger partial charge in [0, 0.05) is 49.0 Å². The molecule has 234 valence electrons. The molecule has 43 heavy (non-hydrogen) atoms.